The van der Waals surface area contributed by atoms with Crippen LogP contribution in [0.1, 0.15) is 18.9 Å². The van der Waals surface area contributed by atoms with Gasteiger partial charge in [-0.15, -0.1) is 0 Å². The summed E-state index contributed by atoms with van der Waals surface area (Å²) in [4.78, 5) is 4.35. The van der Waals surface area contributed by atoms with E-state index in [2.05, 4.69) is 44.4 Å². The van der Waals surface area contributed by atoms with Gasteiger partial charge < -0.3 is 0 Å². The fourth-order valence-electron chi connectivity index (χ4n) is 1.50. The van der Waals surface area contributed by atoms with E-state index in [1.165, 1.54) is 5.56 Å². The number of fused-ring (bicyclic) bond motifs is 1. The maximum absolute atomic E-state index is 4.35. The van der Waals surface area contributed by atoms with Crippen molar-refractivity contribution in [1.29, 1.82) is 0 Å². The van der Waals surface area contributed by atoms with Crippen LogP contribution in [0.3, 0.4) is 0 Å². The van der Waals surface area contributed by atoms with E-state index in [1.807, 2.05) is 12.4 Å². The first-order valence-electron chi connectivity index (χ1n) is 4.43. The minimum atomic E-state index is 1.01. The summed E-state index contributed by atoms with van der Waals surface area (Å²) in [6.45, 7) is 2.18. The van der Waals surface area contributed by atoms with E-state index in [0.29, 0.717) is 0 Å². The van der Waals surface area contributed by atoms with E-state index < -0.39 is 0 Å². The second-order valence-corrected chi connectivity index (χ2v) is 3.87. The number of aryl methyl sites for hydroxylation is 1. The molecular weight excluding hydrogens is 228 g/mol. The molecule has 0 unspecified atom stereocenters. The Bertz CT molecular complexity index is 420. The molecule has 0 saturated heterocycles. The summed E-state index contributed by atoms with van der Waals surface area (Å²) in [6, 6.07) is 4.20. The monoisotopic (exact) mass is 238 g/mol. The molecule has 0 saturated carbocycles. The SMILES string of the molecule is CCCc1cccn2c(Br)cnc12. The number of hydrogen-bond donors (Lipinski definition) is 0. The lowest BCUT2D eigenvalue weighted by molar-refractivity contribution is 0.915. The van der Waals surface area contributed by atoms with Crippen molar-refractivity contribution in [3.05, 3.63) is 34.7 Å². The average molecular weight is 239 g/mol. The molecule has 2 aromatic heterocycles. The molecule has 0 radical (unpaired) electrons. The van der Waals surface area contributed by atoms with Crippen LogP contribution in [-0.2, 0) is 6.42 Å². The molecule has 0 N–H and O–H groups in total. The molecule has 0 aliphatic rings. The number of rotatable bonds is 2. The van der Waals surface area contributed by atoms with E-state index in [-0.39, 0.29) is 0 Å². The van der Waals surface area contributed by atoms with Crippen LogP contribution in [0.25, 0.3) is 5.65 Å². The lowest BCUT2D eigenvalue weighted by Crippen LogP contribution is -1.91. The number of nitrogens with zero attached hydrogens (tertiary/aromatic N) is 2. The number of aromatic nitrogens is 2. The third-order valence-electron chi connectivity index (χ3n) is 2.09. The third-order valence-corrected chi connectivity index (χ3v) is 2.68. The maximum atomic E-state index is 4.35. The highest BCUT2D eigenvalue weighted by molar-refractivity contribution is 9.10. The van der Waals surface area contributed by atoms with Crippen LogP contribution < -0.4 is 0 Å². The van der Waals surface area contributed by atoms with Crippen molar-refractivity contribution in [3.8, 4) is 0 Å². The molecule has 2 heterocycles. The quantitative estimate of drug-likeness (QED) is 0.787. The Labute approximate surface area is 85.7 Å². The van der Waals surface area contributed by atoms with E-state index in [9.17, 15) is 0 Å². The number of halogens is 1. The van der Waals surface area contributed by atoms with E-state index in [4.69, 9.17) is 0 Å². The zero-order valence-electron chi connectivity index (χ0n) is 7.50. The molecule has 2 rings (SSSR count). The van der Waals surface area contributed by atoms with Crippen molar-refractivity contribution < 1.29 is 0 Å². The molecule has 0 spiro atoms. The summed E-state index contributed by atoms with van der Waals surface area (Å²) in [6.07, 6.45) is 6.11. The number of imidazole rings is 1. The molecule has 0 bridgehead atoms. The zero-order chi connectivity index (χ0) is 9.26. The summed E-state index contributed by atoms with van der Waals surface area (Å²) in [5.41, 5.74) is 2.38. The van der Waals surface area contributed by atoms with Crippen LogP contribution in [0.15, 0.2) is 29.1 Å². The van der Waals surface area contributed by atoms with Gasteiger partial charge in [-0.25, -0.2) is 4.98 Å². The van der Waals surface area contributed by atoms with Gasteiger partial charge >= 0.3 is 0 Å². The van der Waals surface area contributed by atoms with Crippen molar-refractivity contribution in [1.82, 2.24) is 9.38 Å². The molecule has 2 nitrogen and oxygen atoms in total. The Balaban J connectivity index is 2.63. The fraction of sp³-hybridized carbons (Fsp3) is 0.300. The van der Waals surface area contributed by atoms with Crippen molar-refractivity contribution in [2.75, 3.05) is 0 Å². The molecule has 0 amide bonds. The zero-order valence-corrected chi connectivity index (χ0v) is 9.08. The van der Waals surface area contributed by atoms with Crippen molar-refractivity contribution in [2.45, 2.75) is 19.8 Å². The topological polar surface area (TPSA) is 17.3 Å². The number of hydrogen-bond acceptors (Lipinski definition) is 1. The Hall–Kier alpha value is -0.830. The summed E-state index contributed by atoms with van der Waals surface area (Å²) in [7, 11) is 0. The van der Waals surface area contributed by atoms with Gasteiger partial charge in [0.1, 0.15) is 10.3 Å². The van der Waals surface area contributed by atoms with Crippen LogP contribution >= 0.6 is 15.9 Å². The third kappa shape index (κ3) is 1.48. The van der Waals surface area contributed by atoms with E-state index in [0.717, 1.165) is 23.1 Å². The fourth-order valence-corrected chi connectivity index (χ4v) is 1.89. The second kappa shape index (κ2) is 3.50. The molecular formula is C10H11BrN2. The molecule has 0 aromatic carbocycles. The average Bonchev–Trinajstić information content (AvgIpc) is 2.50. The van der Waals surface area contributed by atoms with Crippen LogP contribution in [0.2, 0.25) is 0 Å². The van der Waals surface area contributed by atoms with Crippen LogP contribution in [-0.4, -0.2) is 9.38 Å². The standard InChI is InChI=1S/C10H11BrN2/c1-2-4-8-5-3-6-13-9(11)7-12-10(8)13/h3,5-7H,2,4H2,1H3. The first kappa shape index (κ1) is 8.75. The van der Waals surface area contributed by atoms with Crippen molar-refractivity contribution in [2.24, 2.45) is 0 Å². The lowest BCUT2D eigenvalue weighted by atomic mass is 10.1. The van der Waals surface area contributed by atoms with Crippen LogP contribution in [0, 0.1) is 0 Å². The maximum Gasteiger partial charge on any atom is 0.140 e. The normalized spacial score (nSPS) is 10.9. The van der Waals surface area contributed by atoms with Gasteiger partial charge in [-0.2, -0.15) is 0 Å². The Kier molecular flexibility index (Phi) is 2.36. The smallest absolute Gasteiger partial charge is 0.140 e. The second-order valence-electron chi connectivity index (χ2n) is 3.06. The van der Waals surface area contributed by atoms with E-state index >= 15 is 0 Å². The molecule has 0 atom stereocenters. The largest absolute Gasteiger partial charge is 0.294 e. The highest BCUT2D eigenvalue weighted by atomic mass is 79.9. The predicted octanol–water partition coefficient (Wildman–Crippen LogP) is 3.05. The molecule has 13 heavy (non-hydrogen) atoms. The summed E-state index contributed by atoms with van der Waals surface area (Å²) >= 11 is 3.45. The first-order valence-corrected chi connectivity index (χ1v) is 5.22. The van der Waals surface area contributed by atoms with Gasteiger partial charge in [-0.05, 0) is 34.0 Å². The molecule has 0 aliphatic heterocycles. The Morgan fingerprint density at radius 3 is 3.15 bits per heavy atom. The van der Waals surface area contributed by atoms with Crippen molar-refractivity contribution >= 4 is 21.6 Å². The van der Waals surface area contributed by atoms with Gasteiger partial charge in [-0.1, -0.05) is 19.4 Å². The van der Waals surface area contributed by atoms with E-state index in [1.54, 1.807) is 0 Å². The van der Waals surface area contributed by atoms with Gasteiger partial charge in [0.25, 0.3) is 0 Å². The first-order chi connectivity index (χ1) is 6.33. The lowest BCUT2D eigenvalue weighted by Gasteiger charge is -2.01. The van der Waals surface area contributed by atoms with Gasteiger partial charge in [-0.3, -0.25) is 4.40 Å². The summed E-state index contributed by atoms with van der Waals surface area (Å²) in [5.74, 6) is 0. The minimum Gasteiger partial charge on any atom is -0.294 e. The predicted molar refractivity (Wildman–Crippen MR) is 56.9 cm³/mol. The van der Waals surface area contributed by atoms with Gasteiger partial charge in [0.15, 0.2) is 0 Å². The minimum absolute atomic E-state index is 1.01. The van der Waals surface area contributed by atoms with Crippen LogP contribution in [0.4, 0.5) is 0 Å². The molecule has 2 aromatic rings. The van der Waals surface area contributed by atoms with Crippen molar-refractivity contribution in [3.63, 3.8) is 0 Å². The van der Waals surface area contributed by atoms with Gasteiger partial charge in [0.2, 0.25) is 0 Å². The summed E-state index contributed by atoms with van der Waals surface area (Å²) in [5, 5.41) is 0. The van der Waals surface area contributed by atoms with Crippen LogP contribution in [0.5, 0.6) is 0 Å². The Morgan fingerprint density at radius 2 is 2.38 bits per heavy atom. The Morgan fingerprint density at radius 1 is 1.54 bits per heavy atom. The highest BCUT2D eigenvalue weighted by Crippen LogP contribution is 2.17. The molecule has 0 aliphatic carbocycles. The number of pyridine rings is 1. The van der Waals surface area contributed by atoms with Gasteiger partial charge in [0, 0.05) is 6.20 Å². The summed E-state index contributed by atoms with van der Waals surface area (Å²) < 4.78 is 3.07. The molecule has 3 heteroatoms. The molecule has 68 valence electrons. The highest BCUT2D eigenvalue weighted by Gasteiger charge is 2.03. The molecule has 0 fully saturated rings. The van der Waals surface area contributed by atoms with Gasteiger partial charge in [0.05, 0.1) is 6.20 Å².